The van der Waals surface area contributed by atoms with E-state index in [1.165, 1.54) is 5.56 Å². The zero-order valence-corrected chi connectivity index (χ0v) is 8.83. The van der Waals surface area contributed by atoms with Crippen LogP contribution in [0.3, 0.4) is 0 Å². The van der Waals surface area contributed by atoms with E-state index in [9.17, 15) is 5.11 Å². The lowest BCUT2D eigenvalue weighted by Crippen LogP contribution is -2.27. The van der Waals surface area contributed by atoms with Gasteiger partial charge >= 0.3 is 0 Å². The van der Waals surface area contributed by atoms with Crippen LogP contribution in [0.25, 0.3) is 0 Å². The smallest absolute Gasteiger partial charge is 0.0891 e. The average molecular weight is 178 g/mol. The van der Waals surface area contributed by atoms with E-state index in [1.807, 2.05) is 52.0 Å². The third-order valence-electron chi connectivity index (χ3n) is 2.76. The van der Waals surface area contributed by atoms with E-state index >= 15 is 0 Å². The van der Waals surface area contributed by atoms with Crippen molar-refractivity contribution in [1.82, 2.24) is 0 Å². The standard InChI is InChI=1S/C12H18O/c1-9(2)12(4,13)11-7-5-10(3)6-8-11/h5-9,13H,1-4H3/t12-/m1/s1. The molecule has 0 saturated carbocycles. The molecule has 1 aromatic carbocycles. The molecular formula is C12H18O. The van der Waals surface area contributed by atoms with Crippen molar-refractivity contribution in [2.75, 3.05) is 0 Å². The lowest BCUT2D eigenvalue weighted by Gasteiger charge is -2.28. The number of benzene rings is 1. The molecule has 1 N–H and O–H groups in total. The van der Waals surface area contributed by atoms with Crippen LogP contribution < -0.4 is 0 Å². The van der Waals surface area contributed by atoms with Crippen molar-refractivity contribution in [3.05, 3.63) is 35.4 Å². The van der Waals surface area contributed by atoms with Gasteiger partial charge < -0.3 is 5.11 Å². The molecule has 1 atom stereocenters. The van der Waals surface area contributed by atoms with Crippen molar-refractivity contribution in [3.63, 3.8) is 0 Å². The van der Waals surface area contributed by atoms with E-state index in [4.69, 9.17) is 0 Å². The van der Waals surface area contributed by atoms with E-state index in [0.29, 0.717) is 0 Å². The Morgan fingerprint density at radius 1 is 1.15 bits per heavy atom. The minimum absolute atomic E-state index is 0.232. The molecule has 0 heterocycles. The van der Waals surface area contributed by atoms with Crippen molar-refractivity contribution >= 4 is 0 Å². The van der Waals surface area contributed by atoms with Gasteiger partial charge in [0.1, 0.15) is 0 Å². The first-order valence-corrected chi connectivity index (χ1v) is 4.74. The van der Waals surface area contributed by atoms with Crippen LogP contribution in [0.5, 0.6) is 0 Å². The number of aliphatic hydroxyl groups is 1. The summed E-state index contributed by atoms with van der Waals surface area (Å²) in [6.07, 6.45) is 0. The van der Waals surface area contributed by atoms with Gasteiger partial charge in [0.05, 0.1) is 5.60 Å². The van der Waals surface area contributed by atoms with Crippen LogP contribution >= 0.6 is 0 Å². The maximum Gasteiger partial charge on any atom is 0.0891 e. The average Bonchev–Trinajstić information content (AvgIpc) is 2.04. The maximum absolute atomic E-state index is 10.2. The minimum atomic E-state index is -0.715. The van der Waals surface area contributed by atoms with Crippen LogP contribution in [0.4, 0.5) is 0 Å². The SMILES string of the molecule is Cc1ccc([C@](C)(O)C(C)C)cc1. The van der Waals surface area contributed by atoms with Crippen molar-refractivity contribution in [1.29, 1.82) is 0 Å². The summed E-state index contributed by atoms with van der Waals surface area (Å²) in [7, 11) is 0. The molecule has 1 aromatic rings. The highest BCUT2D eigenvalue weighted by Crippen LogP contribution is 2.28. The highest BCUT2D eigenvalue weighted by atomic mass is 16.3. The second kappa shape index (κ2) is 3.51. The topological polar surface area (TPSA) is 20.2 Å². The molecule has 0 saturated heterocycles. The quantitative estimate of drug-likeness (QED) is 0.738. The monoisotopic (exact) mass is 178 g/mol. The Bertz CT molecular complexity index is 270. The Balaban J connectivity index is 3.01. The number of hydrogen-bond acceptors (Lipinski definition) is 1. The largest absolute Gasteiger partial charge is 0.385 e. The summed E-state index contributed by atoms with van der Waals surface area (Å²) in [6.45, 7) is 7.97. The summed E-state index contributed by atoms with van der Waals surface area (Å²) in [4.78, 5) is 0. The Hall–Kier alpha value is -0.820. The highest BCUT2D eigenvalue weighted by molar-refractivity contribution is 5.26. The Labute approximate surface area is 80.4 Å². The van der Waals surface area contributed by atoms with Gasteiger partial charge in [-0.25, -0.2) is 0 Å². The van der Waals surface area contributed by atoms with E-state index in [-0.39, 0.29) is 5.92 Å². The first-order chi connectivity index (χ1) is 5.94. The van der Waals surface area contributed by atoms with E-state index in [2.05, 4.69) is 0 Å². The fourth-order valence-electron chi connectivity index (χ4n) is 1.22. The Morgan fingerprint density at radius 3 is 2.00 bits per heavy atom. The van der Waals surface area contributed by atoms with Crippen LogP contribution in [0, 0.1) is 12.8 Å². The van der Waals surface area contributed by atoms with Gasteiger partial charge in [-0.05, 0) is 25.3 Å². The van der Waals surface area contributed by atoms with Crippen molar-refractivity contribution in [2.45, 2.75) is 33.3 Å². The molecule has 0 aliphatic carbocycles. The van der Waals surface area contributed by atoms with Gasteiger partial charge in [0.25, 0.3) is 0 Å². The molecule has 0 aromatic heterocycles. The molecule has 0 bridgehead atoms. The second-order valence-corrected chi connectivity index (χ2v) is 4.17. The molecule has 72 valence electrons. The third kappa shape index (κ3) is 2.10. The zero-order valence-electron chi connectivity index (χ0n) is 8.83. The molecule has 13 heavy (non-hydrogen) atoms. The first-order valence-electron chi connectivity index (χ1n) is 4.74. The van der Waals surface area contributed by atoms with Gasteiger partial charge in [0.15, 0.2) is 0 Å². The molecule has 0 fully saturated rings. The number of hydrogen-bond donors (Lipinski definition) is 1. The van der Waals surface area contributed by atoms with Gasteiger partial charge in [-0.1, -0.05) is 43.7 Å². The fraction of sp³-hybridized carbons (Fsp3) is 0.500. The minimum Gasteiger partial charge on any atom is -0.385 e. The zero-order chi connectivity index (χ0) is 10.1. The van der Waals surface area contributed by atoms with E-state index in [0.717, 1.165) is 5.56 Å². The molecule has 0 aliphatic heterocycles. The van der Waals surface area contributed by atoms with Gasteiger partial charge in [-0.3, -0.25) is 0 Å². The highest BCUT2D eigenvalue weighted by Gasteiger charge is 2.26. The summed E-state index contributed by atoms with van der Waals surface area (Å²) in [5.41, 5.74) is 1.50. The third-order valence-corrected chi connectivity index (χ3v) is 2.76. The van der Waals surface area contributed by atoms with Gasteiger partial charge in [0, 0.05) is 0 Å². The molecule has 0 unspecified atom stereocenters. The predicted molar refractivity (Wildman–Crippen MR) is 55.6 cm³/mol. The lowest BCUT2D eigenvalue weighted by atomic mass is 9.85. The molecule has 0 aliphatic rings. The molecule has 0 amide bonds. The normalized spacial score (nSPS) is 15.8. The van der Waals surface area contributed by atoms with Crippen LogP contribution in [0.1, 0.15) is 31.9 Å². The molecule has 1 nitrogen and oxygen atoms in total. The molecule has 1 heteroatoms. The summed E-state index contributed by atoms with van der Waals surface area (Å²) < 4.78 is 0. The van der Waals surface area contributed by atoms with Crippen molar-refractivity contribution in [2.24, 2.45) is 5.92 Å². The lowest BCUT2D eigenvalue weighted by molar-refractivity contribution is 0.00904. The molecule has 0 radical (unpaired) electrons. The summed E-state index contributed by atoms with van der Waals surface area (Å²) in [5.74, 6) is 0.232. The second-order valence-electron chi connectivity index (χ2n) is 4.17. The fourth-order valence-corrected chi connectivity index (χ4v) is 1.22. The van der Waals surface area contributed by atoms with Crippen molar-refractivity contribution < 1.29 is 5.11 Å². The summed E-state index contributed by atoms with van der Waals surface area (Å²) >= 11 is 0. The summed E-state index contributed by atoms with van der Waals surface area (Å²) in [5, 5.41) is 10.2. The van der Waals surface area contributed by atoms with Gasteiger partial charge in [0.2, 0.25) is 0 Å². The Morgan fingerprint density at radius 2 is 1.62 bits per heavy atom. The molecular weight excluding hydrogens is 160 g/mol. The van der Waals surface area contributed by atoms with Crippen LogP contribution in [-0.4, -0.2) is 5.11 Å². The maximum atomic E-state index is 10.2. The van der Waals surface area contributed by atoms with Crippen molar-refractivity contribution in [3.8, 4) is 0 Å². The van der Waals surface area contributed by atoms with Gasteiger partial charge in [-0.2, -0.15) is 0 Å². The first kappa shape index (κ1) is 10.3. The van der Waals surface area contributed by atoms with Crippen LogP contribution in [-0.2, 0) is 5.60 Å². The van der Waals surface area contributed by atoms with Crippen LogP contribution in [0.15, 0.2) is 24.3 Å². The van der Waals surface area contributed by atoms with Crippen LogP contribution in [0.2, 0.25) is 0 Å². The number of aryl methyl sites for hydroxylation is 1. The molecule has 1 rings (SSSR count). The number of rotatable bonds is 2. The van der Waals surface area contributed by atoms with E-state index in [1.54, 1.807) is 0 Å². The predicted octanol–water partition coefficient (Wildman–Crippen LogP) is 2.86. The summed E-state index contributed by atoms with van der Waals surface area (Å²) in [6, 6.07) is 8.06. The Kier molecular flexibility index (Phi) is 2.77. The molecule has 0 spiro atoms. The van der Waals surface area contributed by atoms with E-state index < -0.39 is 5.60 Å². The van der Waals surface area contributed by atoms with Gasteiger partial charge in [-0.15, -0.1) is 0 Å².